The van der Waals surface area contributed by atoms with Gasteiger partial charge in [0.25, 0.3) is 0 Å². The first-order chi connectivity index (χ1) is 11.6. The second-order valence-electron chi connectivity index (χ2n) is 7.36. The van der Waals surface area contributed by atoms with Gasteiger partial charge in [-0.2, -0.15) is 4.39 Å². The van der Waals surface area contributed by atoms with E-state index >= 15 is 0 Å². The van der Waals surface area contributed by atoms with Crippen LogP contribution in [0.4, 0.5) is 8.78 Å². The number of unbranched alkanes of at least 4 members (excludes halogenated alkanes) is 2. The Morgan fingerprint density at radius 2 is 1.88 bits per heavy atom. The first-order valence-electron chi connectivity index (χ1n) is 9.28. The number of hydrogen-bond donors (Lipinski definition) is 0. The molecule has 0 aromatic heterocycles. The second kappa shape index (κ2) is 7.62. The summed E-state index contributed by atoms with van der Waals surface area (Å²) in [6.45, 7) is 2.22. The van der Waals surface area contributed by atoms with Crippen LogP contribution in [0.3, 0.4) is 0 Å². The van der Waals surface area contributed by atoms with E-state index in [-0.39, 0.29) is 17.6 Å². The van der Waals surface area contributed by atoms with Crippen LogP contribution < -0.4 is 4.74 Å². The van der Waals surface area contributed by atoms with Gasteiger partial charge in [-0.15, -0.1) is 0 Å². The number of rotatable bonds is 5. The van der Waals surface area contributed by atoms with Crippen molar-refractivity contribution in [1.82, 2.24) is 0 Å². The van der Waals surface area contributed by atoms with Crippen LogP contribution in [0.15, 0.2) is 12.1 Å². The molecule has 0 spiro atoms. The molecule has 0 bridgehead atoms. The Labute approximate surface area is 142 Å². The molecule has 1 aromatic carbocycles. The maximum absolute atomic E-state index is 13.8. The van der Waals surface area contributed by atoms with Gasteiger partial charge in [0.15, 0.2) is 11.6 Å². The average Bonchev–Trinajstić information content (AvgIpc) is 2.59. The highest BCUT2D eigenvalue weighted by molar-refractivity contribution is 5.78. The van der Waals surface area contributed by atoms with E-state index in [2.05, 4.69) is 6.92 Å². The zero-order valence-electron chi connectivity index (χ0n) is 14.3. The molecule has 0 N–H and O–H groups in total. The van der Waals surface area contributed by atoms with Crippen LogP contribution in [0.2, 0.25) is 0 Å². The van der Waals surface area contributed by atoms with Gasteiger partial charge in [-0.3, -0.25) is 4.79 Å². The zero-order chi connectivity index (χ0) is 17.1. The van der Waals surface area contributed by atoms with Crippen LogP contribution in [-0.4, -0.2) is 5.97 Å². The molecule has 1 aliphatic carbocycles. The van der Waals surface area contributed by atoms with Gasteiger partial charge in [-0.05, 0) is 42.7 Å². The second-order valence-corrected chi connectivity index (χ2v) is 7.36. The first kappa shape index (κ1) is 17.4. The Morgan fingerprint density at radius 1 is 1.12 bits per heavy atom. The Balaban J connectivity index is 1.60. The monoisotopic (exact) mass is 336 g/mol. The standard InChI is InChI=1S/C20H26F2O2/c1-2-3-4-5-13-6-8-14(9-7-13)16-12-15-10-11-17(21)18(22)19(15)24-20(16)23/h10-11,13-14,16H,2-9,12H2,1H3. The molecule has 1 fully saturated rings. The minimum atomic E-state index is -1.04. The Hall–Kier alpha value is -1.45. The molecule has 0 amide bonds. The number of carbonyl (C=O) groups excluding carboxylic acids is 1. The van der Waals surface area contributed by atoms with Crippen LogP contribution in [0.1, 0.15) is 63.9 Å². The third kappa shape index (κ3) is 3.62. The lowest BCUT2D eigenvalue weighted by molar-refractivity contribution is -0.143. The van der Waals surface area contributed by atoms with E-state index in [1.165, 1.54) is 38.5 Å². The number of fused-ring (bicyclic) bond motifs is 1. The number of hydrogen-bond acceptors (Lipinski definition) is 2. The van der Waals surface area contributed by atoms with E-state index in [4.69, 9.17) is 4.74 Å². The highest BCUT2D eigenvalue weighted by Crippen LogP contribution is 2.41. The summed E-state index contributed by atoms with van der Waals surface area (Å²) >= 11 is 0. The SMILES string of the molecule is CCCCCC1CCC(C2Cc3ccc(F)c(F)c3OC2=O)CC1. The normalized spacial score (nSPS) is 26.8. The van der Waals surface area contributed by atoms with Gasteiger partial charge in [0.05, 0.1) is 5.92 Å². The van der Waals surface area contributed by atoms with Crippen LogP contribution >= 0.6 is 0 Å². The van der Waals surface area contributed by atoms with Crippen molar-refractivity contribution in [3.63, 3.8) is 0 Å². The molecular formula is C20H26F2O2. The number of esters is 1. The summed E-state index contributed by atoms with van der Waals surface area (Å²) < 4.78 is 32.2. The fraction of sp³-hybridized carbons (Fsp3) is 0.650. The summed E-state index contributed by atoms with van der Waals surface area (Å²) in [4.78, 5) is 12.3. The molecule has 132 valence electrons. The summed E-state index contributed by atoms with van der Waals surface area (Å²) in [5, 5.41) is 0. The van der Waals surface area contributed by atoms with Crippen molar-refractivity contribution in [2.24, 2.45) is 17.8 Å². The molecule has 1 atom stereocenters. The molecule has 2 aliphatic rings. The molecule has 1 unspecified atom stereocenters. The molecule has 24 heavy (non-hydrogen) atoms. The van der Waals surface area contributed by atoms with E-state index < -0.39 is 11.6 Å². The van der Waals surface area contributed by atoms with Crippen LogP contribution in [0.5, 0.6) is 5.75 Å². The van der Waals surface area contributed by atoms with E-state index in [0.717, 1.165) is 24.8 Å². The van der Waals surface area contributed by atoms with Gasteiger partial charge in [-0.1, -0.05) is 51.5 Å². The van der Waals surface area contributed by atoms with Crippen molar-refractivity contribution in [1.29, 1.82) is 0 Å². The summed E-state index contributed by atoms with van der Waals surface area (Å²) in [5.74, 6) is -1.72. The number of halogens is 2. The van der Waals surface area contributed by atoms with Crippen LogP contribution in [0, 0.1) is 29.4 Å². The van der Waals surface area contributed by atoms with Crippen molar-refractivity contribution in [2.45, 2.75) is 64.7 Å². The van der Waals surface area contributed by atoms with E-state index in [1.807, 2.05) is 0 Å². The predicted molar refractivity (Wildman–Crippen MR) is 88.8 cm³/mol. The number of benzene rings is 1. The molecule has 2 nitrogen and oxygen atoms in total. The highest BCUT2D eigenvalue weighted by Gasteiger charge is 2.38. The van der Waals surface area contributed by atoms with E-state index in [1.54, 1.807) is 6.07 Å². The van der Waals surface area contributed by atoms with Crippen molar-refractivity contribution in [3.8, 4) is 5.75 Å². The Bertz CT molecular complexity index is 592. The summed E-state index contributed by atoms with van der Waals surface area (Å²) in [6.07, 6.45) is 10.0. The smallest absolute Gasteiger partial charge is 0.315 e. The minimum absolute atomic E-state index is 0.204. The topological polar surface area (TPSA) is 26.3 Å². The van der Waals surface area contributed by atoms with Crippen molar-refractivity contribution >= 4 is 5.97 Å². The molecule has 1 aromatic rings. The zero-order valence-corrected chi connectivity index (χ0v) is 14.3. The van der Waals surface area contributed by atoms with Crippen LogP contribution in [-0.2, 0) is 11.2 Å². The number of carbonyl (C=O) groups is 1. The molecule has 1 aliphatic heterocycles. The van der Waals surface area contributed by atoms with Gasteiger partial charge in [0.1, 0.15) is 0 Å². The first-order valence-corrected chi connectivity index (χ1v) is 9.28. The average molecular weight is 336 g/mol. The van der Waals surface area contributed by atoms with Gasteiger partial charge in [0.2, 0.25) is 5.82 Å². The fourth-order valence-corrected chi connectivity index (χ4v) is 4.26. The molecule has 0 radical (unpaired) electrons. The minimum Gasteiger partial charge on any atom is -0.423 e. The predicted octanol–water partition coefficient (Wildman–Crippen LogP) is 5.43. The van der Waals surface area contributed by atoms with Crippen molar-refractivity contribution in [2.75, 3.05) is 0 Å². The van der Waals surface area contributed by atoms with Gasteiger partial charge < -0.3 is 4.74 Å². The third-order valence-corrected chi connectivity index (χ3v) is 5.75. The lowest BCUT2D eigenvalue weighted by Gasteiger charge is -2.35. The molecule has 0 saturated heterocycles. The van der Waals surface area contributed by atoms with Gasteiger partial charge in [-0.25, -0.2) is 4.39 Å². The molecular weight excluding hydrogens is 310 g/mol. The lowest BCUT2D eigenvalue weighted by atomic mass is 9.72. The highest BCUT2D eigenvalue weighted by atomic mass is 19.2. The summed E-state index contributed by atoms with van der Waals surface area (Å²) in [6, 6.07) is 2.67. The van der Waals surface area contributed by atoms with Crippen LogP contribution in [0.25, 0.3) is 0 Å². The summed E-state index contributed by atoms with van der Waals surface area (Å²) in [7, 11) is 0. The van der Waals surface area contributed by atoms with Crippen molar-refractivity contribution < 1.29 is 18.3 Å². The molecule has 4 heteroatoms. The number of ether oxygens (including phenoxy) is 1. The largest absolute Gasteiger partial charge is 0.423 e. The molecule has 3 rings (SSSR count). The third-order valence-electron chi connectivity index (χ3n) is 5.75. The van der Waals surface area contributed by atoms with Gasteiger partial charge in [0, 0.05) is 0 Å². The Morgan fingerprint density at radius 3 is 2.58 bits per heavy atom. The lowest BCUT2D eigenvalue weighted by Crippen LogP contribution is -2.35. The van der Waals surface area contributed by atoms with E-state index in [9.17, 15) is 13.6 Å². The molecule has 1 saturated carbocycles. The maximum atomic E-state index is 13.8. The Kier molecular flexibility index (Phi) is 5.52. The van der Waals surface area contributed by atoms with Gasteiger partial charge >= 0.3 is 5.97 Å². The quantitative estimate of drug-likeness (QED) is 0.407. The summed E-state index contributed by atoms with van der Waals surface area (Å²) in [5.41, 5.74) is 0.614. The maximum Gasteiger partial charge on any atom is 0.315 e. The fourth-order valence-electron chi connectivity index (χ4n) is 4.26. The van der Waals surface area contributed by atoms with E-state index in [0.29, 0.717) is 17.9 Å². The molecule has 1 heterocycles. The van der Waals surface area contributed by atoms with Crippen molar-refractivity contribution in [3.05, 3.63) is 29.3 Å².